The number of aryl methyl sites for hydroxylation is 2. The molecule has 1 fully saturated rings. The zero-order chi connectivity index (χ0) is 37.7. The highest BCUT2D eigenvalue weighted by atomic mass is 35.5. The van der Waals surface area contributed by atoms with Crippen LogP contribution >= 0.6 is 11.6 Å². The van der Waals surface area contributed by atoms with E-state index in [9.17, 15) is 24.0 Å². The largest absolute Gasteiger partial charge is 0.490 e. The van der Waals surface area contributed by atoms with Gasteiger partial charge in [-0.2, -0.15) is 0 Å². The Labute approximate surface area is 315 Å². The van der Waals surface area contributed by atoms with Crippen LogP contribution in [0.4, 0.5) is 5.69 Å². The lowest BCUT2D eigenvalue weighted by molar-refractivity contribution is -0.127. The first kappa shape index (κ1) is 37.6. The van der Waals surface area contributed by atoms with Crippen molar-refractivity contribution in [2.24, 2.45) is 29.2 Å². The number of carbonyl (C=O) groups excluding carboxylic acids is 2. The summed E-state index contributed by atoms with van der Waals surface area (Å²) in [6, 6.07) is 11.2. The fourth-order valence-corrected chi connectivity index (χ4v) is 10.9. The molecule has 2 bridgehead atoms. The topological polar surface area (TPSA) is 165 Å². The van der Waals surface area contributed by atoms with Crippen molar-refractivity contribution >= 4 is 39.0 Å². The number of nitrogens with zero attached hydrogens (tertiary/aromatic N) is 4. The highest BCUT2D eigenvalue weighted by Gasteiger charge is 2.46. The summed E-state index contributed by atoms with van der Waals surface area (Å²) in [4.78, 5) is 29.8. The van der Waals surface area contributed by atoms with Gasteiger partial charge in [-0.1, -0.05) is 24.6 Å². The van der Waals surface area contributed by atoms with E-state index in [1.54, 1.807) is 39.3 Å². The van der Waals surface area contributed by atoms with Crippen LogP contribution < -0.4 is 19.1 Å². The summed E-state index contributed by atoms with van der Waals surface area (Å²) in [5, 5.41) is 27.7. The molecule has 8 atom stereocenters. The van der Waals surface area contributed by atoms with Crippen LogP contribution in [0.3, 0.4) is 0 Å². The van der Waals surface area contributed by atoms with Gasteiger partial charge in [-0.3, -0.25) is 19.0 Å². The Morgan fingerprint density at radius 2 is 1.98 bits per heavy atom. The van der Waals surface area contributed by atoms with Gasteiger partial charge in [0, 0.05) is 49.4 Å². The third-order valence-electron chi connectivity index (χ3n) is 11.5. The number of fused-ring (bicyclic) bond motifs is 4. The molecule has 4 aliphatic rings. The van der Waals surface area contributed by atoms with E-state index < -0.39 is 46.0 Å². The summed E-state index contributed by atoms with van der Waals surface area (Å²) in [5.41, 5.74) is 2.97. The molecule has 1 aromatic heterocycles. The number of aromatic nitrogens is 2. The number of rotatable bonds is 4. The van der Waals surface area contributed by atoms with Crippen molar-refractivity contribution < 1.29 is 38.2 Å². The van der Waals surface area contributed by atoms with Crippen molar-refractivity contribution in [2.45, 2.75) is 69.2 Å². The van der Waals surface area contributed by atoms with Crippen LogP contribution in [0.25, 0.3) is 0 Å². The smallest absolute Gasteiger partial charge is 0.286 e. The van der Waals surface area contributed by atoms with Crippen LogP contribution in [0.2, 0.25) is 5.02 Å². The van der Waals surface area contributed by atoms with Crippen molar-refractivity contribution in [3.05, 3.63) is 69.9 Å². The first-order valence-electron chi connectivity index (χ1n) is 18.2. The molecule has 53 heavy (non-hydrogen) atoms. The van der Waals surface area contributed by atoms with E-state index in [-0.39, 0.29) is 46.4 Å². The number of amides is 2. The quantitative estimate of drug-likeness (QED) is 0.349. The van der Waals surface area contributed by atoms with E-state index in [1.165, 1.54) is 29.1 Å². The SMILES string of the molecule is COc1nn(C)cc1C(=O)NS1(=O)=NC(=O)c2ccc3c(c2)N(C[C@@H]2CC[C@H]2[C@@H](OC)[C@H](O)[C@@H](O)C[C@H](C)C1)C[C@@]1(CCCc2cc(Cl)ccc21)CO3. The van der Waals surface area contributed by atoms with Gasteiger partial charge in [0.1, 0.15) is 27.3 Å². The minimum absolute atomic E-state index is 0.0198. The summed E-state index contributed by atoms with van der Waals surface area (Å²) in [6.07, 6.45) is 2.88. The van der Waals surface area contributed by atoms with Crippen LogP contribution in [0, 0.1) is 17.8 Å². The Balaban J connectivity index is 1.32. The fraction of sp³-hybridized carbons (Fsp3) is 0.553. The molecule has 2 amide bonds. The number of methoxy groups -OCH3 is 2. The van der Waals surface area contributed by atoms with Crippen LogP contribution in [0.5, 0.6) is 11.6 Å². The number of halogens is 1. The number of ether oxygens (including phenoxy) is 3. The van der Waals surface area contributed by atoms with Gasteiger partial charge in [0.25, 0.3) is 11.8 Å². The van der Waals surface area contributed by atoms with E-state index in [0.29, 0.717) is 36.2 Å². The Morgan fingerprint density at radius 3 is 2.72 bits per heavy atom. The fourth-order valence-electron chi connectivity index (χ4n) is 8.84. The normalized spacial score (nSPS) is 31.6. The molecule has 3 N–H and O–H groups in total. The molecular weight excluding hydrogens is 722 g/mol. The van der Waals surface area contributed by atoms with Gasteiger partial charge in [-0.15, -0.1) is 9.46 Å². The number of carbonyl (C=O) groups is 2. The predicted molar refractivity (Wildman–Crippen MR) is 200 cm³/mol. The van der Waals surface area contributed by atoms with Gasteiger partial charge < -0.3 is 29.3 Å². The maximum Gasteiger partial charge on any atom is 0.286 e. The zero-order valence-electron chi connectivity index (χ0n) is 30.5. The van der Waals surface area contributed by atoms with Crippen molar-refractivity contribution in [1.82, 2.24) is 14.5 Å². The molecule has 3 heterocycles. The van der Waals surface area contributed by atoms with Crippen LogP contribution in [0.1, 0.15) is 70.9 Å². The summed E-state index contributed by atoms with van der Waals surface area (Å²) >= 11 is 6.44. The zero-order valence-corrected chi connectivity index (χ0v) is 32.1. The number of aliphatic hydroxyl groups excluding tert-OH is 2. The first-order valence-corrected chi connectivity index (χ1v) is 20.3. The molecule has 286 valence electrons. The lowest BCUT2D eigenvalue weighted by Gasteiger charge is -2.47. The summed E-state index contributed by atoms with van der Waals surface area (Å²) in [5.74, 6) is -1.64. The van der Waals surface area contributed by atoms with Crippen LogP contribution in [0.15, 0.2) is 47.0 Å². The number of nitrogens with one attached hydrogen (secondary N) is 1. The lowest BCUT2D eigenvalue weighted by atomic mass is 9.67. The number of hydrogen-bond acceptors (Lipinski definition) is 10. The van der Waals surface area contributed by atoms with E-state index in [1.807, 2.05) is 12.1 Å². The Kier molecular flexibility index (Phi) is 10.5. The highest BCUT2D eigenvalue weighted by Crippen LogP contribution is 2.47. The minimum Gasteiger partial charge on any atom is -0.490 e. The Morgan fingerprint density at radius 1 is 1.17 bits per heavy atom. The monoisotopic (exact) mass is 769 g/mol. The molecule has 1 unspecified atom stereocenters. The summed E-state index contributed by atoms with van der Waals surface area (Å²) in [7, 11) is 0.738. The number of aliphatic hydroxyl groups is 2. The highest BCUT2D eigenvalue weighted by molar-refractivity contribution is 7.92. The third-order valence-corrected chi connectivity index (χ3v) is 13.7. The molecule has 15 heteroatoms. The molecule has 0 radical (unpaired) electrons. The van der Waals surface area contributed by atoms with Gasteiger partial charge in [0.05, 0.1) is 37.4 Å². The van der Waals surface area contributed by atoms with E-state index in [4.69, 9.17) is 25.8 Å². The van der Waals surface area contributed by atoms with Gasteiger partial charge in [-0.05, 0) is 97.7 Å². The van der Waals surface area contributed by atoms with Crippen molar-refractivity contribution in [2.75, 3.05) is 44.6 Å². The van der Waals surface area contributed by atoms with Gasteiger partial charge in [0.2, 0.25) is 5.88 Å². The molecule has 2 aromatic carbocycles. The van der Waals surface area contributed by atoms with Crippen molar-refractivity contribution in [3.63, 3.8) is 0 Å². The molecule has 3 aromatic rings. The molecule has 1 spiro atoms. The van der Waals surface area contributed by atoms with Crippen LogP contribution in [-0.2, 0) is 33.5 Å². The second-order valence-corrected chi connectivity index (χ2v) is 17.7. The molecular formula is C38H48ClN5O8S. The van der Waals surface area contributed by atoms with Gasteiger partial charge in [0.15, 0.2) is 0 Å². The maximum atomic E-state index is 14.6. The number of anilines is 1. The number of hydrogen-bond donors (Lipinski definition) is 3. The second kappa shape index (κ2) is 14.9. The standard InChI is InChI=1S/C38H48ClN5O8S/c1-22-14-31(45)33(46)34(50-3)27-10-7-25(27)17-44-20-38(13-5-6-23-15-26(39)9-11-29(23)38)21-52-32-12-8-24(16-30(32)44)35(47)41-53(49,19-22)42-36(48)28-18-43(2)40-37(28)51-4/h8-9,11-12,15-16,18,22,25,27,31,33-34,45-46H,5-7,10,13-14,17,19-21H2,1-4H3,(H,41,42,47,48,49)/t22-,25-,27+,31-,33+,34+,38-,53?/m0/s1. The Bertz CT molecular complexity index is 2020. The van der Waals surface area contributed by atoms with Crippen molar-refractivity contribution in [1.29, 1.82) is 0 Å². The molecule has 1 saturated carbocycles. The molecule has 0 saturated heterocycles. The van der Waals surface area contributed by atoms with E-state index in [0.717, 1.165) is 32.1 Å². The summed E-state index contributed by atoms with van der Waals surface area (Å²) in [6.45, 7) is 3.36. The second-order valence-electron chi connectivity index (χ2n) is 15.2. The average molecular weight is 770 g/mol. The maximum absolute atomic E-state index is 14.6. The number of benzene rings is 2. The van der Waals surface area contributed by atoms with E-state index >= 15 is 0 Å². The molecule has 2 aliphatic heterocycles. The molecule has 7 rings (SSSR count). The van der Waals surface area contributed by atoms with Crippen molar-refractivity contribution in [3.8, 4) is 11.6 Å². The van der Waals surface area contributed by atoms with Gasteiger partial charge in [-0.25, -0.2) is 4.21 Å². The van der Waals surface area contributed by atoms with Crippen LogP contribution in [-0.4, -0.2) is 94.0 Å². The molecule has 13 nitrogen and oxygen atoms in total. The predicted octanol–water partition coefficient (Wildman–Crippen LogP) is 4.31. The van der Waals surface area contributed by atoms with E-state index in [2.05, 4.69) is 25.1 Å². The lowest BCUT2D eigenvalue weighted by Crippen LogP contribution is -2.53. The molecule has 2 aliphatic carbocycles. The van der Waals surface area contributed by atoms with Gasteiger partial charge >= 0.3 is 0 Å². The minimum atomic E-state index is -3.79. The Hall–Kier alpha value is -3.69. The third kappa shape index (κ3) is 7.40. The average Bonchev–Trinajstić information content (AvgIpc) is 3.43. The first-order chi connectivity index (χ1) is 25.3. The summed E-state index contributed by atoms with van der Waals surface area (Å²) < 4.78 is 40.5.